The molecule has 4 heteroatoms. The Morgan fingerprint density at radius 2 is 1.89 bits per heavy atom. The van der Waals surface area contributed by atoms with E-state index in [0.717, 1.165) is 5.56 Å². The van der Waals surface area contributed by atoms with Crippen molar-refractivity contribution in [2.75, 3.05) is 0 Å². The molecular formula is C14H11ClO3. The van der Waals surface area contributed by atoms with Gasteiger partial charge in [-0.25, -0.2) is 4.79 Å². The van der Waals surface area contributed by atoms with Gasteiger partial charge in [0.1, 0.15) is 17.1 Å². The number of ether oxygens (including phenoxy) is 1. The number of hydrogen-bond donors (Lipinski definition) is 1. The highest BCUT2D eigenvalue weighted by Gasteiger charge is 2.12. The largest absolute Gasteiger partial charge is 0.478 e. The van der Waals surface area contributed by atoms with Gasteiger partial charge in [0.25, 0.3) is 0 Å². The normalized spacial score (nSPS) is 10.1. The highest BCUT2D eigenvalue weighted by atomic mass is 35.5. The summed E-state index contributed by atoms with van der Waals surface area (Å²) < 4.78 is 5.62. The lowest BCUT2D eigenvalue weighted by Crippen LogP contribution is -2.00. The molecule has 3 nitrogen and oxygen atoms in total. The molecule has 0 saturated carbocycles. The first-order valence-electron chi connectivity index (χ1n) is 5.34. The van der Waals surface area contributed by atoms with Crippen molar-refractivity contribution in [2.24, 2.45) is 0 Å². The Morgan fingerprint density at radius 1 is 1.17 bits per heavy atom. The Balaban J connectivity index is 2.40. The Bertz CT molecular complexity index is 593. The van der Waals surface area contributed by atoms with E-state index in [0.29, 0.717) is 16.5 Å². The molecule has 0 spiro atoms. The van der Waals surface area contributed by atoms with Crippen molar-refractivity contribution >= 4 is 17.6 Å². The van der Waals surface area contributed by atoms with Crippen LogP contribution < -0.4 is 4.74 Å². The smallest absolute Gasteiger partial charge is 0.339 e. The molecule has 2 rings (SSSR count). The van der Waals surface area contributed by atoms with E-state index in [1.165, 1.54) is 6.07 Å². The second kappa shape index (κ2) is 5.10. The zero-order valence-corrected chi connectivity index (χ0v) is 10.4. The van der Waals surface area contributed by atoms with Gasteiger partial charge >= 0.3 is 5.97 Å². The van der Waals surface area contributed by atoms with Gasteiger partial charge in [0.15, 0.2) is 0 Å². The molecule has 0 fully saturated rings. The number of para-hydroxylation sites is 1. The van der Waals surface area contributed by atoms with Crippen LogP contribution >= 0.6 is 11.6 Å². The van der Waals surface area contributed by atoms with Gasteiger partial charge in [-0.05, 0) is 36.8 Å². The Labute approximate surface area is 110 Å². The van der Waals surface area contributed by atoms with Crippen LogP contribution in [0.1, 0.15) is 15.9 Å². The summed E-state index contributed by atoms with van der Waals surface area (Å²) in [5.74, 6) is -0.170. The molecule has 0 bridgehead atoms. The van der Waals surface area contributed by atoms with Crippen LogP contribution in [0.15, 0.2) is 42.5 Å². The molecular weight excluding hydrogens is 252 g/mol. The minimum absolute atomic E-state index is 0.122. The van der Waals surface area contributed by atoms with E-state index >= 15 is 0 Å². The lowest BCUT2D eigenvalue weighted by molar-refractivity contribution is 0.0694. The number of carboxylic acids is 1. The van der Waals surface area contributed by atoms with Gasteiger partial charge in [-0.3, -0.25) is 0 Å². The summed E-state index contributed by atoms with van der Waals surface area (Å²) in [6.45, 7) is 1.87. The number of rotatable bonds is 3. The lowest BCUT2D eigenvalue weighted by atomic mass is 10.2. The van der Waals surface area contributed by atoms with Crippen molar-refractivity contribution < 1.29 is 14.6 Å². The number of carbonyl (C=O) groups is 1. The molecule has 0 saturated heterocycles. The second-order valence-electron chi connectivity index (χ2n) is 3.81. The molecule has 0 aromatic heterocycles. The molecule has 1 N–H and O–H groups in total. The van der Waals surface area contributed by atoms with Crippen molar-refractivity contribution in [1.29, 1.82) is 0 Å². The van der Waals surface area contributed by atoms with E-state index < -0.39 is 5.97 Å². The molecule has 2 aromatic carbocycles. The summed E-state index contributed by atoms with van der Waals surface area (Å²) >= 11 is 5.89. The summed E-state index contributed by atoms with van der Waals surface area (Å²) in [6.07, 6.45) is 0. The van der Waals surface area contributed by atoms with Gasteiger partial charge < -0.3 is 9.84 Å². The van der Waals surface area contributed by atoms with Gasteiger partial charge in [0, 0.05) is 5.02 Å². The van der Waals surface area contributed by atoms with Crippen LogP contribution in [0.2, 0.25) is 5.02 Å². The lowest BCUT2D eigenvalue weighted by Gasteiger charge is -2.11. The van der Waals surface area contributed by atoms with Gasteiger partial charge in [-0.15, -0.1) is 0 Å². The van der Waals surface area contributed by atoms with Crippen LogP contribution in [0.25, 0.3) is 0 Å². The molecule has 0 aliphatic carbocycles. The van der Waals surface area contributed by atoms with Crippen molar-refractivity contribution in [3.63, 3.8) is 0 Å². The average molecular weight is 263 g/mol. The first-order chi connectivity index (χ1) is 8.58. The molecule has 18 heavy (non-hydrogen) atoms. The van der Waals surface area contributed by atoms with Crippen LogP contribution in [0, 0.1) is 6.92 Å². The second-order valence-corrected chi connectivity index (χ2v) is 4.25. The number of aryl methyl sites for hydroxylation is 1. The van der Waals surface area contributed by atoms with Gasteiger partial charge in [0.05, 0.1) is 0 Å². The third-order valence-electron chi connectivity index (χ3n) is 2.49. The van der Waals surface area contributed by atoms with Crippen LogP contribution in [-0.4, -0.2) is 11.1 Å². The standard InChI is InChI=1S/C14H11ClO3/c1-9-6-7-10(15)8-13(9)18-12-5-3-2-4-11(12)14(16)17/h2-8H,1H3,(H,16,17). The number of carboxylic acid groups (broad SMARTS) is 1. The fraction of sp³-hybridized carbons (Fsp3) is 0.0714. The highest BCUT2D eigenvalue weighted by molar-refractivity contribution is 6.30. The number of benzene rings is 2. The minimum atomic E-state index is -1.02. The fourth-order valence-corrected chi connectivity index (χ4v) is 1.70. The van der Waals surface area contributed by atoms with E-state index in [1.807, 2.05) is 13.0 Å². The molecule has 92 valence electrons. The van der Waals surface area contributed by atoms with Gasteiger partial charge in [-0.2, -0.15) is 0 Å². The monoisotopic (exact) mass is 262 g/mol. The van der Waals surface area contributed by atoms with Crippen molar-refractivity contribution in [3.05, 3.63) is 58.6 Å². The molecule has 0 aliphatic heterocycles. The maximum atomic E-state index is 11.1. The SMILES string of the molecule is Cc1ccc(Cl)cc1Oc1ccccc1C(=O)O. The minimum Gasteiger partial charge on any atom is -0.478 e. The first-order valence-corrected chi connectivity index (χ1v) is 5.72. The Hall–Kier alpha value is -2.00. The molecule has 0 amide bonds. The molecule has 0 atom stereocenters. The van der Waals surface area contributed by atoms with Gasteiger partial charge in [0.2, 0.25) is 0 Å². The van der Waals surface area contributed by atoms with Crippen LogP contribution in [0.3, 0.4) is 0 Å². The topological polar surface area (TPSA) is 46.5 Å². The molecule has 0 aliphatic rings. The predicted molar refractivity (Wildman–Crippen MR) is 69.7 cm³/mol. The van der Waals surface area contributed by atoms with E-state index in [2.05, 4.69) is 0 Å². The summed E-state index contributed by atoms with van der Waals surface area (Å²) in [4.78, 5) is 11.1. The van der Waals surface area contributed by atoms with E-state index in [4.69, 9.17) is 21.4 Å². The molecule has 2 aromatic rings. The quantitative estimate of drug-likeness (QED) is 0.904. The van der Waals surface area contributed by atoms with E-state index in [9.17, 15) is 4.79 Å². The van der Waals surface area contributed by atoms with Crippen LogP contribution in [-0.2, 0) is 0 Å². The van der Waals surface area contributed by atoms with Crippen molar-refractivity contribution in [3.8, 4) is 11.5 Å². The molecule has 0 unspecified atom stereocenters. The van der Waals surface area contributed by atoms with E-state index in [1.54, 1.807) is 30.3 Å². The number of halogens is 1. The Morgan fingerprint density at radius 3 is 2.61 bits per heavy atom. The van der Waals surface area contributed by atoms with Gasteiger partial charge in [-0.1, -0.05) is 29.8 Å². The number of hydrogen-bond acceptors (Lipinski definition) is 2. The van der Waals surface area contributed by atoms with Crippen molar-refractivity contribution in [2.45, 2.75) is 6.92 Å². The average Bonchev–Trinajstić information content (AvgIpc) is 2.34. The summed E-state index contributed by atoms with van der Waals surface area (Å²) in [7, 11) is 0. The van der Waals surface area contributed by atoms with Crippen LogP contribution in [0.4, 0.5) is 0 Å². The van der Waals surface area contributed by atoms with E-state index in [-0.39, 0.29) is 5.56 Å². The molecule has 0 heterocycles. The predicted octanol–water partition coefficient (Wildman–Crippen LogP) is 4.14. The summed E-state index contributed by atoms with van der Waals surface area (Å²) in [6, 6.07) is 11.7. The zero-order valence-electron chi connectivity index (χ0n) is 9.68. The maximum absolute atomic E-state index is 11.1. The summed E-state index contributed by atoms with van der Waals surface area (Å²) in [5.41, 5.74) is 1.01. The summed E-state index contributed by atoms with van der Waals surface area (Å²) in [5, 5.41) is 9.61. The van der Waals surface area contributed by atoms with Crippen molar-refractivity contribution in [1.82, 2.24) is 0 Å². The third kappa shape index (κ3) is 2.63. The fourth-order valence-electron chi connectivity index (χ4n) is 1.53. The first kappa shape index (κ1) is 12.5. The Kier molecular flexibility index (Phi) is 3.53. The molecule has 0 radical (unpaired) electrons. The highest BCUT2D eigenvalue weighted by Crippen LogP contribution is 2.29. The van der Waals surface area contributed by atoms with Crippen LogP contribution in [0.5, 0.6) is 11.5 Å². The number of aromatic carboxylic acids is 1. The maximum Gasteiger partial charge on any atom is 0.339 e. The zero-order chi connectivity index (χ0) is 13.1. The third-order valence-corrected chi connectivity index (χ3v) is 2.72.